The van der Waals surface area contributed by atoms with Crippen LogP contribution < -0.4 is 9.47 Å². The third kappa shape index (κ3) is 9.84. The molecule has 0 saturated carbocycles. The van der Waals surface area contributed by atoms with Gasteiger partial charge in [0.2, 0.25) is 11.8 Å². The summed E-state index contributed by atoms with van der Waals surface area (Å²) in [5.74, 6) is 0.555. The topological polar surface area (TPSA) is 104 Å². The first kappa shape index (κ1) is 39.1. The fraction of sp³-hybridized carbons (Fsp3) is 0.444. The van der Waals surface area contributed by atoms with Crippen LogP contribution >= 0.6 is 46.4 Å². The molecule has 2 saturated heterocycles. The first-order chi connectivity index (χ1) is 24.4. The lowest BCUT2D eigenvalue weighted by atomic mass is 10.2. The summed E-state index contributed by atoms with van der Waals surface area (Å²) < 4.78 is 20.4. The van der Waals surface area contributed by atoms with Crippen LogP contribution in [0.3, 0.4) is 0 Å². The van der Waals surface area contributed by atoms with E-state index in [0.29, 0.717) is 61.9 Å². The summed E-state index contributed by atoms with van der Waals surface area (Å²) in [4.78, 5) is 28.8. The fourth-order valence-electron chi connectivity index (χ4n) is 6.08. The monoisotopic (exact) mass is 778 g/mol. The van der Waals surface area contributed by atoms with E-state index in [1.807, 2.05) is 19.9 Å². The number of halogens is 4. The molecule has 2 aliphatic heterocycles. The van der Waals surface area contributed by atoms with Crippen LogP contribution in [0.15, 0.2) is 36.4 Å². The van der Waals surface area contributed by atoms with E-state index in [-0.39, 0.29) is 11.6 Å². The largest absolute Gasteiger partial charge is 0.475 e. The summed E-state index contributed by atoms with van der Waals surface area (Å²) in [6.45, 7) is 14.8. The first-order valence-corrected chi connectivity index (χ1v) is 18.4. The lowest BCUT2D eigenvalue weighted by Crippen LogP contribution is -2.38. The summed E-state index contributed by atoms with van der Waals surface area (Å²) in [6.07, 6.45) is 2.48. The minimum absolute atomic E-state index is 0.0695. The summed E-state index contributed by atoms with van der Waals surface area (Å²) >= 11 is 24.2. The number of aromatic nitrogens is 4. The molecule has 2 fully saturated rings. The molecule has 4 heterocycles. The average molecular weight is 781 g/mol. The van der Waals surface area contributed by atoms with Gasteiger partial charge in [0, 0.05) is 26.2 Å². The van der Waals surface area contributed by atoms with Gasteiger partial charge in [-0.15, -0.1) is 10.2 Å². The molecule has 0 radical (unpaired) electrons. The van der Waals surface area contributed by atoms with E-state index in [9.17, 15) is 9.59 Å². The maximum absolute atomic E-state index is 12.1. The lowest BCUT2D eigenvalue weighted by molar-refractivity contribution is 0.0319. The van der Waals surface area contributed by atoms with E-state index in [0.717, 1.165) is 69.6 Å². The first-order valence-electron chi connectivity index (χ1n) is 16.8. The van der Waals surface area contributed by atoms with Crippen molar-refractivity contribution < 1.29 is 23.8 Å². The Morgan fingerprint density at radius 1 is 0.667 bits per heavy atom. The maximum Gasteiger partial charge on any atom is 0.244 e. The third-order valence-corrected chi connectivity index (χ3v) is 10.2. The van der Waals surface area contributed by atoms with Crippen molar-refractivity contribution in [1.29, 1.82) is 0 Å². The molecule has 0 spiro atoms. The zero-order valence-corrected chi connectivity index (χ0v) is 32.2. The minimum Gasteiger partial charge on any atom is -0.475 e. The number of ketones is 2. The highest BCUT2D eigenvalue weighted by Gasteiger charge is 2.23. The molecule has 2 aromatic carbocycles. The normalized spacial score (nSPS) is 15.1. The van der Waals surface area contributed by atoms with Crippen LogP contribution in [0.2, 0.25) is 20.1 Å². The molecule has 0 bridgehead atoms. The van der Waals surface area contributed by atoms with Gasteiger partial charge in [0.05, 0.1) is 56.1 Å². The molecule has 0 N–H and O–H groups in total. The summed E-state index contributed by atoms with van der Waals surface area (Å²) in [7, 11) is 0. The maximum atomic E-state index is 12.1. The number of morpholine rings is 1. The van der Waals surface area contributed by atoms with Crippen molar-refractivity contribution >= 4 is 58.0 Å². The Morgan fingerprint density at radius 2 is 1.08 bits per heavy atom. The predicted octanol–water partition coefficient (Wildman–Crippen LogP) is 7.57. The number of ether oxygens (including phenoxy) is 3. The van der Waals surface area contributed by atoms with Crippen molar-refractivity contribution in [3.8, 4) is 23.1 Å². The second-order valence-electron chi connectivity index (χ2n) is 12.4. The lowest BCUT2D eigenvalue weighted by Gasteiger charge is -2.26. The van der Waals surface area contributed by atoms with E-state index in [2.05, 4.69) is 20.0 Å². The SMILES string of the molecule is CC(=O)c1c(OCCN2CCCC2)nn(-c2ccc(Cl)c(Cl)c2)c1C.CC(=O)c1c(OCCN2CCOCC2)nn(-c2ccc(Cl)c(Cl)c2)c1C. The van der Waals surface area contributed by atoms with Crippen molar-refractivity contribution in [1.82, 2.24) is 29.4 Å². The number of likely N-dealkylation sites (tertiary alicyclic amines) is 1. The highest BCUT2D eigenvalue weighted by Crippen LogP contribution is 2.30. The van der Waals surface area contributed by atoms with Gasteiger partial charge in [-0.3, -0.25) is 19.4 Å². The van der Waals surface area contributed by atoms with Crippen LogP contribution in [0.4, 0.5) is 0 Å². The number of hydrogen-bond donors (Lipinski definition) is 0. The Morgan fingerprint density at radius 3 is 1.47 bits per heavy atom. The van der Waals surface area contributed by atoms with Crippen LogP contribution in [0.5, 0.6) is 11.8 Å². The molecule has 6 rings (SSSR count). The van der Waals surface area contributed by atoms with Gasteiger partial charge in [-0.25, -0.2) is 9.36 Å². The molecule has 274 valence electrons. The molecule has 2 aromatic heterocycles. The second kappa shape index (κ2) is 18.1. The smallest absolute Gasteiger partial charge is 0.244 e. The third-order valence-electron chi connectivity index (χ3n) is 8.76. The number of Topliss-reactive ketones (excluding diaryl/α,β-unsaturated/α-hetero) is 2. The second-order valence-corrected chi connectivity index (χ2v) is 14.0. The average Bonchev–Trinajstić information content (AvgIpc) is 3.82. The van der Waals surface area contributed by atoms with Crippen molar-refractivity contribution in [3.05, 3.63) is 79.0 Å². The Bertz CT molecular complexity index is 1850. The summed E-state index contributed by atoms with van der Waals surface area (Å²) in [6, 6.07) is 10.5. The van der Waals surface area contributed by atoms with E-state index < -0.39 is 0 Å². The van der Waals surface area contributed by atoms with Gasteiger partial charge in [-0.05, 0) is 90.0 Å². The molecule has 0 unspecified atom stereocenters. The quantitative estimate of drug-likeness (QED) is 0.135. The number of carbonyl (C=O) groups is 2. The molecule has 15 heteroatoms. The highest BCUT2D eigenvalue weighted by atomic mass is 35.5. The van der Waals surface area contributed by atoms with Gasteiger partial charge in [-0.1, -0.05) is 46.4 Å². The van der Waals surface area contributed by atoms with Gasteiger partial charge in [-0.2, -0.15) is 0 Å². The highest BCUT2D eigenvalue weighted by molar-refractivity contribution is 6.42. The zero-order chi connectivity index (χ0) is 36.7. The van der Waals surface area contributed by atoms with E-state index in [1.165, 1.54) is 26.7 Å². The van der Waals surface area contributed by atoms with Crippen molar-refractivity contribution in [2.45, 2.75) is 40.5 Å². The summed E-state index contributed by atoms with van der Waals surface area (Å²) in [5, 5.41) is 10.8. The van der Waals surface area contributed by atoms with Gasteiger partial charge in [0.1, 0.15) is 24.3 Å². The molecule has 4 aromatic rings. The molecule has 11 nitrogen and oxygen atoms in total. The fourth-order valence-corrected chi connectivity index (χ4v) is 6.66. The van der Waals surface area contributed by atoms with Crippen LogP contribution in [0.25, 0.3) is 11.4 Å². The minimum atomic E-state index is -0.0878. The van der Waals surface area contributed by atoms with E-state index in [4.69, 9.17) is 60.6 Å². The van der Waals surface area contributed by atoms with Crippen LogP contribution in [-0.4, -0.2) is 107 Å². The number of hydrogen-bond acceptors (Lipinski definition) is 9. The van der Waals surface area contributed by atoms with Gasteiger partial charge < -0.3 is 14.2 Å². The Hall–Kier alpha value is -3.16. The molecule has 0 atom stereocenters. The Kier molecular flexibility index (Phi) is 13.8. The molecule has 51 heavy (non-hydrogen) atoms. The number of benzene rings is 2. The van der Waals surface area contributed by atoms with E-state index >= 15 is 0 Å². The summed E-state index contributed by atoms with van der Waals surface area (Å²) in [5.41, 5.74) is 3.89. The van der Waals surface area contributed by atoms with Gasteiger partial charge in [0.25, 0.3) is 0 Å². The van der Waals surface area contributed by atoms with Crippen molar-refractivity contribution in [3.63, 3.8) is 0 Å². The molecule has 0 amide bonds. The van der Waals surface area contributed by atoms with Crippen molar-refractivity contribution in [2.24, 2.45) is 0 Å². The number of nitrogens with zero attached hydrogens (tertiary/aromatic N) is 6. The van der Waals surface area contributed by atoms with Crippen LogP contribution in [0.1, 0.15) is 58.8 Å². The molecule has 0 aliphatic carbocycles. The number of carbonyl (C=O) groups excluding carboxylic acids is 2. The number of rotatable bonds is 12. The van der Waals surface area contributed by atoms with Gasteiger partial charge >= 0.3 is 0 Å². The molecule has 2 aliphatic rings. The Labute approximate surface area is 318 Å². The van der Waals surface area contributed by atoms with Crippen molar-refractivity contribution in [2.75, 3.05) is 65.7 Å². The zero-order valence-electron chi connectivity index (χ0n) is 29.2. The van der Waals surface area contributed by atoms with Crippen LogP contribution in [-0.2, 0) is 4.74 Å². The Balaban J connectivity index is 0.000000198. The van der Waals surface area contributed by atoms with Crippen LogP contribution in [0, 0.1) is 13.8 Å². The standard InChI is InChI=1S/C18H21Cl2N3O3.C18H21Cl2N3O2/c1-12-17(13(2)24)18(26-10-7-22-5-8-25-9-6-22)21-23(12)14-3-4-15(19)16(20)11-14;1-12-17(13(2)24)18(25-10-9-22-7-3-4-8-22)21-23(12)14-5-6-15(19)16(20)11-14/h3-4,11H,5-10H2,1-2H3;5-6,11H,3-4,7-10H2,1-2H3. The predicted molar refractivity (Wildman–Crippen MR) is 201 cm³/mol. The van der Waals surface area contributed by atoms with E-state index in [1.54, 1.807) is 39.7 Å². The van der Waals surface area contributed by atoms with Gasteiger partial charge in [0.15, 0.2) is 11.6 Å². The molecular formula is C36H42Cl4N6O5. The molecular weight excluding hydrogens is 738 g/mol.